The highest BCUT2D eigenvalue weighted by molar-refractivity contribution is 8.00. The van der Waals surface area contributed by atoms with Crippen molar-refractivity contribution in [2.24, 2.45) is 5.11 Å². The lowest BCUT2D eigenvalue weighted by atomic mass is 10.4. The van der Waals surface area contributed by atoms with E-state index in [1.54, 1.807) is 12.4 Å². The number of rotatable bonds is 23. The first kappa shape index (κ1) is 28.7. The van der Waals surface area contributed by atoms with Crippen molar-refractivity contribution in [1.29, 1.82) is 0 Å². The van der Waals surface area contributed by atoms with Gasteiger partial charge in [0, 0.05) is 34.8 Å². The Morgan fingerprint density at radius 3 is 1.75 bits per heavy atom. The molecule has 0 spiro atoms. The molecule has 0 aliphatic carbocycles. The minimum Gasteiger partial charge on any atom is -0.437 e. The lowest BCUT2D eigenvalue weighted by molar-refractivity contribution is -0.0174. The Bertz CT molecular complexity index is 600. The van der Waals surface area contributed by atoms with Crippen molar-refractivity contribution in [3.63, 3.8) is 0 Å². The van der Waals surface area contributed by atoms with Crippen LogP contribution in [0.1, 0.15) is 5.56 Å². The molecule has 0 saturated heterocycles. The maximum absolute atomic E-state index is 8.92. The van der Waals surface area contributed by atoms with Gasteiger partial charge >= 0.3 is 0 Å². The molecule has 1 aromatic heterocycles. The fourth-order valence-corrected chi connectivity index (χ4v) is 3.42. The number of ether oxygens (including phenoxy) is 6. The summed E-state index contributed by atoms with van der Waals surface area (Å²) in [6.45, 7) is 6.04. The van der Waals surface area contributed by atoms with E-state index < -0.39 is 9.76 Å². The monoisotopic (exact) mass is 491 g/mol. The molecule has 1 N–H and O–H groups in total. The van der Waals surface area contributed by atoms with E-state index in [4.69, 9.17) is 38.7 Å². The van der Waals surface area contributed by atoms with E-state index in [2.05, 4.69) is 20.0 Å². The Labute approximate surface area is 194 Å². The van der Waals surface area contributed by atoms with Gasteiger partial charge in [-0.3, -0.25) is 0 Å². The summed E-state index contributed by atoms with van der Waals surface area (Å²) in [4.78, 5) is 20.0. The van der Waals surface area contributed by atoms with Gasteiger partial charge in [0.15, 0.2) is 14.9 Å². The van der Waals surface area contributed by atoms with E-state index in [9.17, 15) is 0 Å². The van der Waals surface area contributed by atoms with Crippen LogP contribution in [-0.2, 0) is 35.0 Å². The second kappa shape index (κ2) is 22.9. The summed E-state index contributed by atoms with van der Waals surface area (Å²) in [6.07, 6.45) is 3.48. The van der Waals surface area contributed by atoms with E-state index in [1.807, 2.05) is 0 Å². The molecule has 0 saturated carbocycles. The molecule has 0 bridgehead atoms. The summed E-state index contributed by atoms with van der Waals surface area (Å²) >= 11 is 1.47. The molecule has 0 fully saturated rings. The van der Waals surface area contributed by atoms with E-state index in [-0.39, 0.29) is 0 Å². The first-order valence-corrected chi connectivity index (χ1v) is 13.0. The number of azide groups is 1. The zero-order valence-corrected chi connectivity index (χ0v) is 20.5. The molecule has 32 heavy (non-hydrogen) atoms. The summed E-state index contributed by atoms with van der Waals surface area (Å²) in [6, 6.07) is 0. The largest absolute Gasteiger partial charge is 0.437 e. The molecule has 0 radical (unpaired) electrons. The van der Waals surface area contributed by atoms with Gasteiger partial charge in [-0.05, 0) is 5.53 Å². The third-order valence-electron chi connectivity index (χ3n) is 3.53. The van der Waals surface area contributed by atoms with Crippen molar-refractivity contribution in [2.45, 2.75) is 11.8 Å². The third kappa shape index (κ3) is 18.3. The van der Waals surface area contributed by atoms with Crippen LogP contribution in [0.5, 0.6) is 0 Å². The summed E-state index contributed by atoms with van der Waals surface area (Å²) in [5, 5.41) is 4.76. The molecular formula is C18H33N5O7SSi. The fraction of sp³-hybridized carbons (Fsp3) is 0.778. The highest BCUT2D eigenvalue weighted by Crippen LogP contribution is 2.10. The average molecular weight is 492 g/mol. The van der Waals surface area contributed by atoms with Crippen LogP contribution in [0, 0.1) is 0 Å². The van der Waals surface area contributed by atoms with Crippen LogP contribution in [0.15, 0.2) is 22.7 Å². The van der Waals surface area contributed by atoms with Crippen molar-refractivity contribution in [1.82, 2.24) is 9.97 Å². The topological polar surface area (TPSA) is 150 Å². The molecule has 0 aliphatic heterocycles. The predicted octanol–water partition coefficient (Wildman–Crippen LogP) is 0.512. The fourth-order valence-electron chi connectivity index (χ4n) is 2.07. The molecule has 0 atom stereocenters. The van der Waals surface area contributed by atoms with Gasteiger partial charge in [-0.15, -0.1) is 0 Å². The quantitative estimate of drug-likeness (QED) is 0.0436. The van der Waals surface area contributed by atoms with Crippen molar-refractivity contribution >= 4 is 21.5 Å². The van der Waals surface area contributed by atoms with Crippen molar-refractivity contribution in [3.05, 3.63) is 28.4 Å². The molecule has 1 aromatic rings. The number of hydrogen-bond donors (Lipinski definition) is 1. The van der Waals surface area contributed by atoms with Gasteiger partial charge in [0.25, 0.3) is 0 Å². The van der Waals surface area contributed by atoms with Crippen LogP contribution in [0.3, 0.4) is 0 Å². The summed E-state index contributed by atoms with van der Waals surface area (Å²) in [5.41, 5.74) is 9.01. The minimum atomic E-state index is -0.966. The third-order valence-corrected chi connectivity index (χ3v) is 5.55. The number of nitrogens with zero attached hydrogens (tertiary/aromatic N) is 5. The Morgan fingerprint density at radius 2 is 1.28 bits per heavy atom. The molecule has 0 amide bonds. The standard InChI is InChI=1S/C18H33N5O7SSi/c19-23-22-1-2-25-3-4-26-5-6-27-7-8-28-9-10-29-11-12-30-15-17-13-20-18(21-14-17)31-16-32-24/h13-14,24H,1-12,15-16,32H2. The molecule has 0 aliphatic rings. The maximum atomic E-state index is 8.92. The predicted molar refractivity (Wildman–Crippen MR) is 121 cm³/mol. The second-order valence-corrected chi connectivity index (χ2v) is 8.75. The van der Waals surface area contributed by atoms with E-state index in [1.165, 1.54) is 11.8 Å². The van der Waals surface area contributed by atoms with Gasteiger partial charge < -0.3 is 33.2 Å². The number of hydrogen-bond acceptors (Lipinski definition) is 11. The average Bonchev–Trinajstić information content (AvgIpc) is 2.82. The van der Waals surface area contributed by atoms with Crippen LogP contribution in [0.4, 0.5) is 0 Å². The second-order valence-electron chi connectivity index (χ2n) is 6.01. The van der Waals surface area contributed by atoms with Crippen molar-refractivity contribution in [3.8, 4) is 0 Å². The molecule has 0 unspecified atom stereocenters. The van der Waals surface area contributed by atoms with Gasteiger partial charge in [-0.2, -0.15) is 0 Å². The first-order chi connectivity index (χ1) is 15.9. The van der Waals surface area contributed by atoms with Gasteiger partial charge in [0.2, 0.25) is 0 Å². The first-order valence-electron chi connectivity index (χ1n) is 10.4. The lowest BCUT2D eigenvalue weighted by Gasteiger charge is -2.08. The maximum Gasteiger partial charge on any atom is 0.187 e. The summed E-state index contributed by atoms with van der Waals surface area (Å²) in [7, 11) is -0.966. The SMILES string of the molecule is [N-]=[N+]=NCCOCCOCCOCCOCCOCCOCc1cnc(SC[SiH2]O)nc1. The van der Waals surface area contributed by atoms with Crippen molar-refractivity contribution < 1.29 is 33.2 Å². The highest BCUT2D eigenvalue weighted by atomic mass is 32.2. The lowest BCUT2D eigenvalue weighted by Crippen LogP contribution is -2.14. The zero-order chi connectivity index (χ0) is 23.0. The number of thioether (sulfide) groups is 1. The van der Waals surface area contributed by atoms with Gasteiger partial charge in [-0.1, -0.05) is 16.9 Å². The van der Waals surface area contributed by atoms with Gasteiger partial charge in [-0.25, -0.2) is 9.97 Å². The smallest absolute Gasteiger partial charge is 0.187 e. The van der Waals surface area contributed by atoms with E-state index >= 15 is 0 Å². The van der Waals surface area contributed by atoms with E-state index in [0.717, 1.165) is 10.9 Å². The molecular weight excluding hydrogens is 458 g/mol. The Kier molecular flexibility index (Phi) is 20.5. The Balaban J connectivity index is 1.76. The minimum absolute atomic E-state index is 0.331. The van der Waals surface area contributed by atoms with Gasteiger partial charge in [0.1, 0.15) is 0 Å². The number of aromatic nitrogens is 2. The van der Waals surface area contributed by atoms with Crippen LogP contribution in [0.2, 0.25) is 0 Å². The van der Waals surface area contributed by atoms with E-state index in [0.29, 0.717) is 91.0 Å². The van der Waals surface area contributed by atoms with Crippen LogP contribution >= 0.6 is 11.8 Å². The van der Waals surface area contributed by atoms with Crippen molar-refractivity contribution in [2.75, 3.05) is 84.6 Å². The molecule has 182 valence electrons. The molecule has 14 heteroatoms. The molecule has 0 aromatic carbocycles. The molecule has 1 heterocycles. The zero-order valence-electron chi connectivity index (χ0n) is 18.3. The summed E-state index contributed by atoms with van der Waals surface area (Å²) < 4.78 is 32.3. The van der Waals surface area contributed by atoms with Gasteiger partial charge in [0.05, 0.1) is 79.3 Å². The van der Waals surface area contributed by atoms with Crippen LogP contribution < -0.4 is 0 Å². The Morgan fingerprint density at radius 1 is 0.812 bits per heavy atom. The Hall–Kier alpha value is -1.32. The van der Waals surface area contributed by atoms with Crippen LogP contribution in [-0.4, -0.2) is 109 Å². The molecule has 12 nitrogen and oxygen atoms in total. The molecule has 1 rings (SSSR count). The normalized spacial score (nSPS) is 11.3. The highest BCUT2D eigenvalue weighted by Gasteiger charge is 1.99. The summed E-state index contributed by atoms with van der Waals surface area (Å²) in [5.74, 6) is 0. The van der Waals surface area contributed by atoms with Crippen LogP contribution in [0.25, 0.3) is 10.4 Å².